The highest BCUT2D eigenvalue weighted by atomic mass is 32.1. The van der Waals surface area contributed by atoms with Crippen LogP contribution in [0.1, 0.15) is 34.7 Å². The van der Waals surface area contributed by atoms with Crippen LogP contribution in [0.15, 0.2) is 42.5 Å². The van der Waals surface area contributed by atoms with Crippen molar-refractivity contribution in [2.24, 2.45) is 5.73 Å². The van der Waals surface area contributed by atoms with Gasteiger partial charge < -0.3 is 11.1 Å². The second kappa shape index (κ2) is 8.88. The molecule has 0 radical (unpaired) electrons. The Kier molecular flexibility index (Phi) is 6.47. The number of benzene rings is 2. The Balaban J connectivity index is 1.89. The van der Waals surface area contributed by atoms with Crippen LogP contribution in [0.25, 0.3) is 10.6 Å². The molecule has 0 aliphatic rings. The molecule has 5 nitrogen and oxygen atoms in total. The summed E-state index contributed by atoms with van der Waals surface area (Å²) in [5, 5.41) is 11.4. The molecule has 0 saturated heterocycles. The topological polar surface area (TPSA) is 80.9 Å². The Hall–Kier alpha value is -2.85. The predicted octanol–water partition coefficient (Wildman–Crippen LogP) is 4.24. The summed E-state index contributed by atoms with van der Waals surface area (Å²) in [7, 11) is 0. The van der Waals surface area contributed by atoms with Crippen LogP contribution >= 0.6 is 11.3 Å². The van der Waals surface area contributed by atoms with E-state index in [1.54, 1.807) is 0 Å². The number of amides is 1. The van der Waals surface area contributed by atoms with Crippen LogP contribution in [0.3, 0.4) is 0 Å². The van der Waals surface area contributed by atoms with Gasteiger partial charge in [-0.25, -0.2) is 4.39 Å². The molecule has 0 bridgehead atoms. The third kappa shape index (κ3) is 5.19. The molecule has 0 aliphatic heterocycles. The van der Waals surface area contributed by atoms with Crippen molar-refractivity contribution >= 4 is 17.2 Å². The minimum Gasteiger partial charge on any atom is -0.347 e. The normalized spacial score (nSPS) is 12.6. The summed E-state index contributed by atoms with van der Waals surface area (Å²) in [5.74, 6) is -1.63. The summed E-state index contributed by atoms with van der Waals surface area (Å²) >= 11 is 1.04. The molecule has 158 valence electrons. The zero-order chi connectivity index (χ0) is 21.9. The number of nitrogens with zero attached hydrogens (tertiary/aromatic N) is 2. The number of alkyl halides is 3. The zero-order valence-electron chi connectivity index (χ0n) is 15.8. The minimum atomic E-state index is -4.82. The van der Waals surface area contributed by atoms with E-state index in [2.05, 4.69) is 15.5 Å². The lowest BCUT2D eigenvalue weighted by atomic mass is 10.0. The number of rotatable bonds is 6. The van der Waals surface area contributed by atoms with Crippen LogP contribution in [0.2, 0.25) is 0 Å². The Morgan fingerprint density at radius 2 is 1.80 bits per heavy atom. The van der Waals surface area contributed by atoms with Crippen LogP contribution < -0.4 is 11.1 Å². The molecular formula is C20H18F4N4OS. The van der Waals surface area contributed by atoms with Crippen molar-refractivity contribution in [3.63, 3.8) is 0 Å². The van der Waals surface area contributed by atoms with E-state index in [-0.39, 0.29) is 16.5 Å². The van der Waals surface area contributed by atoms with Crippen molar-refractivity contribution < 1.29 is 22.4 Å². The van der Waals surface area contributed by atoms with Crippen molar-refractivity contribution in [3.05, 3.63) is 70.0 Å². The van der Waals surface area contributed by atoms with Gasteiger partial charge in [-0.3, -0.25) is 4.79 Å². The quantitative estimate of drug-likeness (QED) is 0.564. The third-order valence-corrected chi connectivity index (χ3v) is 5.42. The number of nitrogens with two attached hydrogens (primary N) is 1. The standard InChI is InChI=1S/C20H18F4N4OS/c1-11(29)26-17(8-12-2-4-13(10-25)5-3-12)19-28-27-18(30-19)14-6-7-16(21)15(9-14)20(22,23)24/h2-7,9,17H,8,10,25H2,1H3,(H,26,29). The summed E-state index contributed by atoms with van der Waals surface area (Å²) in [5.41, 5.74) is 6.21. The van der Waals surface area contributed by atoms with E-state index in [1.165, 1.54) is 13.0 Å². The molecule has 3 aromatic rings. The van der Waals surface area contributed by atoms with Gasteiger partial charge in [0.15, 0.2) is 0 Å². The summed E-state index contributed by atoms with van der Waals surface area (Å²) in [6.45, 7) is 1.77. The SMILES string of the molecule is CC(=O)NC(Cc1ccc(CN)cc1)c1nnc(-c2ccc(F)c(C(F)(F)F)c2)s1. The Bertz CT molecular complexity index is 1030. The maximum absolute atomic E-state index is 13.5. The molecule has 10 heteroatoms. The fraction of sp³-hybridized carbons (Fsp3) is 0.250. The predicted molar refractivity (Wildman–Crippen MR) is 105 cm³/mol. The lowest BCUT2D eigenvalue weighted by Crippen LogP contribution is -2.27. The van der Waals surface area contributed by atoms with Gasteiger partial charge in [0, 0.05) is 19.0 Å². The highest BCUT2D eigenvalue weighted by Gasteiger charge is 2.34. The molecule has 30 heavy (non-hydrogen) atoms. The molecule has 3 N–H and O–H groups in total. The highest BCUT2D eigenvalue weighted by molar-refractivity contribution is 7.14. The lowest BCUT2D eigenvalue weighted by Gasteiger charge is -2.15. The van der Waals surface area contributed by atoms with Gasteiger partial charge in [0.05, 0.1) is 11.6 Å². The van der Waals surface area contributed by atoms with Gasteiger partial charge >= 0.3 is 6.18 Å². The molecule has 0 saturated carbocycles. The second-order valence-electron chi connectivity index (χ2n) is 6.62. The molecule has 1 atom stereocenters. The lowest BCUT2D eigenvalue weighted by molar-refractivity contribution is -0.140. The number of aromatic nitrogens is 2. The molecule has 3 rings (SSSR count). The summed E-state index contributed by atoms with van der Waals surface area (Å²) in [4.78, 5) is 11.6. The van der Waals surface area contributed by atoms with E-state index in [0.717, 1.165) is 28.5 Å². The van der Waals surface area contributed by atoms with Crippen molar-refractivity contribution in [1.29, 1.82) is 0 Å². The number of carbonyl (C=O) groups excluding carboxylic acids is 1. The Morgan fingerprint density at radius 1 is 1.13 bits per heavy atom. The van der Waals surface area contributed by atoms with Crippen LogP contribution in [-0.4, -0.2) is 16.1 Å². The van der Waals surface area contributed by atoms with Crippen LogP contribution in [-0.2, 0) is 23.9 Å². The largest absolute Gasteiger partial charge is 0.419 e. The average molecular weight is 438 g/mol. The molecule has 1 unspecified atom stereocenters. The summed E-state index contributed by atoms with van der Waals surface area (Å²) in [6.07, 6.45) is -4.40. The van der Waals surface area contributed by atoms with Gasteiger partial charge in [-0.15, -0.1) is 10.2 Å². The first kappa shape index (κ1) is 21.8. The average Bonchev–Trinajstić information content (AvgIpc) is 3.17. The van der Waals surface area contributed by atoms with Crippen LogP contribution in [0.4, 0.5) is 17.6 Å². The van der Waals surface area contributed by atoms with E-state index in [0.29, 0.717) is 24.0 Å². The molecular weight excluding hydrogens is 420 g/mol. The van der Waals surface area contributed by atoms with Gasteiger partial charge in [0.1, 0.15) is 15.8 Å². The third-order valence-electron chi connectivity index (χ3n) is 4.33. The molecule has 2 aromatic carbocycles. The van der Waals surface area contributed by atoms with Gasteiger partial charge in [0.25, 0.3) is 0 Å². The smallest absolute Gasteiger partial charge is 0.347 e. The maximum atomic E-state index is 13.5. The molecule has 1 aromatic heterocycles. The summed E-state index contributed by atoms with van der Waals surface area (Å²) in [6, 6.07) is 9.69. The first-order chi connectivity index (χ1) is 14.2. The fourth-order valence-electron chi connectivity index (χ4n) is 2.86. The zero-order valence-corrected chi connectivity index (χ0v) is 16.6. The number of hydrogen-bond acceptors (Lipinski definition) is 5. The van der Waals surface area contributed by atoms with E-state index >= 15 is 0 Å². The van der Waals surface area contributed by atoms with Crippen molar-refractivity contribution in [3.8, 4) is 10.6 Å². The Morgan fingerprint density at radius 3 is 2.40 bits per heavy atom. The number of hydrogen-bond donors (Lipinski definition) is 2. The van der Waals surface area contributed by atoms with Crippen molar-refractivity contribution in [2.75, 3.05) is 0 Å². The monoisotopic (exact) mass is 438 g/mol. The van der Waals surface area contributed by atoms with Crippen molar-refractivity contribution in [2.45, 2.75) is 32.1 Å². The number of halogens is 4. The van der Waals surface area contributed by atoms with E-state index < -0.39 is 23.6 Å². The minimum absolute atomic E-state index is 0.0985. The van der Waals surface area contributed by atoms with Gasteiger partial charge in [-0.2, -0.15) is 13.2 Å². The molecule has 1 amide bonds. The van der Waals surface area contributed by atoms with Crippen LogP contribution in [0.5, 0.6) is 0 Å². The van der Waals surface area contributed by atoms with Gasteiger partial charge in [-0.05, 0) is 35.7 Å². The first-order valence-corrected chi connectivity index (χ1v) is 9.74. The second-order valence-corrected chi connectivity index (χ2v) is 7.62. The maximum Gasteiger partial charge on any atom is 0.419 e. The van der Waals surface area contributed by atoms with Gasteiger partial charge in [0.2, 0.25) is 5.91 Å². The Labute approximate surface area is 173 Å². The highest BCUT2D eigenvalue weighted by Crippen LogP contribution is 2.35. The fourth-order valence-corrected chi connectivity index (χ4v) is 3.75. The van der Waals surface area contributed by atoms with Gasteiger partial charge in [-0.1, -0.05) is 35.6 Å². The molecule has 0 aliphatic carbocycles. The summed E-state index contributed by atoms with van der Waals surface area (Å²) < 4.78 is 52.5. The molecule has 1 heterocycles. The van der Waals surface area contributed by atoms with E-state index in [1.807, 2.05) is 24.3 Å². The van der Waals surface area contributed by atoms with Crippen molar-refractivity contribution in [1.82, 2.24) is 15.5 Å². The van der Waals surface area contributed by atoms with Crippen LogP contribution in [0, 0.1) is 5.82 Å². The first-order valence-electron chi connectivity index (χ1n) is 8.93. The molecule has 0 spiro atoms. The van der Waals surface area contributed by atoms with E-state index in [4.69, 9.17) is 5.73 Å². The molecule has 0 fully saturated rings. The number of nitrogens with one attached hydrogen (secondary N) is 1. The number of carbonyl (C=O) groups is 1. The van der Waals surface area contributed by atoms with E-state index in [9.17, 15) is 22.4 Å².